The fraction of sp³-hybridized carbons (Fsp3) is 0.211. The first-order valence-electron chi connectivity index (χ1n) is 8.40. The van der Waals surface area contributed by atoms with Gasteiger partial charge in [-0.15, -0.1) is 0 Å². The zero-order chi connectivity index (χ0) is 18.1. The molecule has 2 aromatic carbocycles. The number of ether oxygens (including phenoxy) is 1. The topological polar surface area (TPSA) is 76.1 Å². The summed E-state index contributed by atoms with van der Waals surface area (Å²) in [5.41, 5.74) is 1.81. The van der Waals surface area contributed by atoms with E-state index in [0.29, 0.717) is 33.7 Å². The first kappa shape index (κ1) is 16.7. The minimum Gasteiger partial charge on any atom is -0.368 e. The largest absolute Gasteiger partial charge is 0.368 e. The molecule has 0 radical (unpaired) electrons. The van der Waals surface area contributed by atoms with Crippen LogP contribution in [0.25, 0.3) is 16.6 Å². The second-order valence-electron chi connectivity index (χ2n) is 6.15. The van der Waals surface area contributed by atoms with Crippen LogP contribution < -0.4 is 10.9 Å². The van der Waals surface area contributed by atoms with Crippen LogP contribution >= 0.6 is 12.2 Å². The normalized spacial score (nSPS) is 16.7. The van der Waals surface area contributed by atoms with Crippen LogP contribution in [0.5, 0.6) is 0 Å². The maximum atomic E-state index is 12.8. The van der Waals surface area contributed by atoms with E-state index in [1.807, 2.05) is 18.2 Å². The van der Waals surface area contributed by atoms with Gasteiger partial charge in [0.1, 0.15) is 6.10 Å². The molecule has 1 aromatic heterocycles. The van der Waals surface area contributed by atoms with Crippen molar-refractivity contribution in [2.24, 2.45) is 0 Å². The molecule has 4 rings (SSSR count). The Morgan fingerprint density at radius 1 is 1.19 bits per heavy atom. The first-order valence-corrected chi connectivity index (χ1v) is 8.81. The zero-order valence-corrected chi connectivity index (χ0v) is 14.7. The van der Waals surface area contributed by atoms with E-state index in [9.17, 15) is 9.59 Å². The van der Waals surface area contributed by atoms with Gasteiger partial charge in [0.2, 0.25) is 0 Å². The third-order valence-corrected chi connectivity index (χ3v) is 4.71. The van der Waals surface area contributed by atoms with Crippen LogP contribution in [-0.2, 0) is 9.53 Å². The summed E-state index contributed by atoms with van der Waals surface area (Å²) in [5, 5.41) is 3.40. The van der Waals surface area contributed by atoms with Crippen molar-refractivity contribution < 1.29 is 9.53 Å². The zero-order valence-electron chi connectivity index (χ0n) is 13.9. The number of hydrogen-bond acceptors (Lipinski definition) is 4. The fourth-order valence-electron chi connectivity index (χ4n) is 3.10. The number of carbonyl (C=O) groups is 1. The Morgan fingerprint density at radius 2 is 1.96 bits per heavy atom. The van der Waals surface area contributed by atoms with Crippen molar-refractivity contribution in [2.45, 2.75) is 18.9 Å². The Labute approximate surface area is 154 Å². The highest BCUT2D eigenvalue weighted by Crippen LogP contribution is 2.17. The van der Waals surface area contributed by atoms with Gasteiger partial charge in [-0.2, -0.15) is 0 Å². The number of benzene rings is 2. The van der Waals surface area contributed by atoms with Gasteiger partial charge < -0.3 is 15.0 Å². The lowest BCUT2D eigenvalue weighted by atomic mass is 10.2. The van der Waals surface area contributed by atoms with E-state index in [0.717, 1.165) is 12.8 Å². The van der Waals surface area contributed by atoms with Crippen molar-refractivity contribution in [2.75, 3.05) is 11.9 Å². The van der Waals surface area contributed by atoms with Crippen LogP contribution in [-0.4, -0.2) is 28.2 Å². The number of aromatic nitrogens is 2. The van der Waals surface area contributed by atoms with E-state index in [-0.39, 0.29) is 17.6 Å². The number of nitrogens with one attached hydrogen (secondary N) is 2. The van der Waals surface area contributed by atoms with E-state index < -0.39 is 0 Å². The monoisotopic (exact) mass is 367 g/mol. The molecule has 26 heavy (non-hydrogen) atoms. The number of hydrogen-bond donors (Lipinski definition) is 2. The van der Waals surface area contributed by atoms with Crippen molar-refractivity contribution in [3.8, 4) is 5.69 Å². The summed E-state index contributed by atoms with van der Waals surface area (Å²) in [5.74, 6) is -0.143. The molecule has 6 nitrogen and oxygen atoms in total. The first-order chi connectivity index (χ1) is 12.6. The summed E-state index contributed by atoms with van der Waals surface area (Å²) >= 11 is 5.35. The molecule has 1 fully saturated rings. The van der Waals surface area contributed by atoms with E-state index in [2.05, 4.69) is 10.3 Å². The Kier molecular flexibility index (Phi) is 4.40. The van der Waals surface area contributed by atoms with Gasteiger partial charge in [0.15, 0.2) is 4.77 Å². The van der Waals surface area contributed by atoms with Gasteiger partial charge in [-0.05, 0) is 61.5 Å². The Morgan fingerprint density at radius 3 is 2.69 bits per heavy atom. The molecule has 1 aliphatic rings. The summed E-state index contributed by atoms with van der Waals surface area (Å²) in [4.78, 5) is 28.0. The number of para-hydroxylation sites is 1. The average Bonchev–Trinajstić information content (AvgIpc) is 3.18. The fourth-order valence-corrected chi connectivity index (χ4v) is 3.40. The van der Waals surface area contributed by atoms with Gasteiger partial charge >= 0.3 is 0 Å². The molecule has 1 unspecified atom stereocenters. The van der Waals surface area contributed by atoms with Crippen molar-refractivity contribution in [1.29, 1.82) is 0 Å². The number of anilines is 1. The molecule has 1 aliphatic heterocycles. The van der Waals surface area contributed by atoms with Crippen molar-refractivity contribution >= 4 is 34.7 Å². The second-order valence-corrected chi connectivity index (χ2v) is 6.54. The van der Waals surface area contributed by atoms with E-state index in [1.54, 1.807) is 30.3 Å². The predicted octanol–water partition coefficient (Wildman–Crippen LogP) is 3.17. The molecule has 2 heterocycles. The maximum Gasteiger partial charge on any atom is 0.266 e. The summed E-state index contributed by atoms with van der Waals surface area (Å²) in [6.07, 6.45) is 1.26. The number of fused-ring (bicyclic) bond motifs is 1. The van der Waals surface area contributed by atoms with Crippen LogP contribution in [0.4, 0.5) is 5.69 Å². The van der Waals surface area contributed by atoms with Gasteiger partial charge in [-0.1, -0.05) is 12.1 Å². The molecule has 3 aromatic rings. The van der Waals surface area contributed by atoms with Crippen LogP contribution in [0.2, 0.25) is 0 Å². The highest BCUT2D eigenvalue weighted by Gasteiger charge is 2.23. The lowest BCUT2D eigenvalue weighted by Crippen LogP contribution is -2.26. The standard InChI is InChI=1S/C19H17N3O3S/c23-17(16-6-3-11-25-16)20-12-7-9-13(10-8-12)22-18(24)14-4-1-2-5-15(14)21-19(22)26/h1-2,4-5,7-10,16H,3,6,11H2,(H,20,23)(H,21,26). The smallest absolute Gasteiger partial charge is 0.266 e. The van der Waals surface area contributed by atoms with Crippen molar-refractivity contribution in [3.63, 3.8) is 0 Å². The third kappa shape index (κ3) is 3.07. The van der Waals surface area contributed by atoms with Gasteiger partial charge in [0, 0.05) is 12.3 Å². The molecule has 0 saturated carbocycles. The van der Waals surface area contributed by atoms with E-state index in [4.69, 9.17) is 17.0 Å². The molecular formula is C19H17N3O3S. The molecule has 2 N–H and O–H groups in total. The molecular weight excluding hydrogens is 350 g/mol. The quantitative estimate of drug-likeness (QED) is 0.697. The van der Waals surface area contributed by atoms with Crippen LogP contribution in [0.1, 0.15) is 12.8 Å². The second kappa shape index (κ2) is 6.86. The number of rotatable bonds is 3. The van der Waals surface area contributed by atoms with Gasteiger partial charge in [0.25, 0.3) is 11.5 Å². The van der Waals surface area contributed by atoms with E-state index >= 15 is 0 Å². The number of aromatic amines is 1. The third-order valence-electron chi connectivity index (χ3n) is 4.42. The maximum absolute atomic E-state index is 12.8. The summed E-state index contributed by atoms with van der Waals surface area (Å²) in [6, 6.07) is 14.3. The van der Waals surface area contributed by atoms with Crippen LogP contribution in [0, 0.1) is 4.77 Å². The lowest BCUT2D eigenvalue weighted by Gasteiger charge is -2.12. The van der Waals surface area contributed by atoms with Gasteiger partial charge in [-0.25, -0.2) is 0 Å². The number of H-pyrrole nitrogens is 1. The van der Waals surface area contributed by atoms with Gasteiger partial charge in [0.05, 0.1) is 16.6 Å². The number of nitrogens with zero attached hydrogens (tertiary/aromatic N) is 1. The molecule has 132 valence electrons. The van der Waals surface area contributed by atoms with Crippen molar-refractivity contribution in [3.05, 3.63) is 63.7 Å². The lowest BCUT2D eigenvalue weighted by molar-refractivity contribution is -0.124. The Balaban J connectivity index is 1.65. The molecule has 1 atom stereocenters. The number of amides is 1. The van der Waals surface area contributed by atoms with Crippen LogP contribution in [0.3, 0.4) is 0 Å². The van der Waals surface area contributed by atoms with Crippen molar-refractivity contribution in [1.82, 2.24) is 9.55 Å². The minimum absolute atomic E-state index is 0.143. The predicted molar refractivity (Wildman–Crippen MR) is 102 cm³/mol. The Hall–Kier alpha value is -2.77. The molecule has 7 heteroatoms. The summed E-state index contributed by atoms with van der Waals surface area (Å²) in [6.45, 7) is 0.625. The molecule has 0 aliphatic carbocycles. The Bertz CT molecular complexity index is 1080. The SMILES string of the molecule is O=C(Nc1ccc(-n2c(=S)[nH]c3ccccc3c2=O)cc1)C1CCCO1. The molecule has 0 bridgehead atoms. The molecule has 1 saturated heterocycles. The minimum atomic E-state index is -0.383. The highest BCUT2D eigenvalue weighted by molar-refractivity contribution is 7.71. The number of carbonyl (C=O) groups excluding carboxylic acids is 1. The highest BCUT2D eigenvalue weighted by atomic mass is 32.1. The van der Waals surface area contributed by atoms with Crippen LogP contribution in [0.15, 0.2) is 53.3 Å². The summed E-state index contributed by atoms with van der Waals surface area (Å²) in [7, 11) is 0. The molecule has 1 amide bonds. The summed E-state index contributed by atoms with van der Waals surface area (Å²) < 4.78 is 7.15. The molecule has 0 spiro atoms. The van der Waals surface area contributed by atoms with Gasteiger partial charge in [-0.3, -0.25) is 14.2 Å². The van der Waals surface area contributed by atoms with E-state index in [1.165, 1.54) is 4.57 Å². The average molecular weight is 367 g/mol.